The third-order valence-corrected chi connectivity index (χ3v) is 5.79. The van der Waals surface area contributed by atoms with Crippen molar-refractivity contribution in [2.24, 2.45) is 0 Å². The first-order valence-electron chi connectivity index (χ1n) is 9.68. The second kappa shape index (κ2) is 7.53. The molecule has 0 saturated carbocycles. The van der Waals surface area contributed by atoms with Gasteiger partial charge in [-0.3, -0.25) is 0 Å². The molecule has 1 N–H and O–H groups in total. The van der Waals surface area contributed by atoms with Gasteiger partial charge in [0.2, 0.25) is 5.95 Å². The van der Waals surface area contributed by atoms with Crippen molar-refractivity contribution < 1.29 is 5.11 Å². The molecule has 1 aromatic heterocycles. The topological polar surface area (TPSA) is 76.3 Å². The minimum Gasteiger partial charge on any atom is -0.391 e. The molecule has 2 aliphatic rings. The van der Waals surface area contributed by atoms with E-state index in [0.29, 0.717) is 12.5 Å². The van der Waals surface area contributed by atoms with Gasteiger partial charge in [0, 0.05) is 32.4 Å². The summed E-state index contributed by atoms with van der Waals surface area (Å²) in [6.45, 7) is 3.06. The van der Waals surface area contributed by atoms with Gasteiger partial charge in [0.15, 0.2) is 0 Å². The van der Waals surface area contributed by atoms with Crippen LogP contribution < -0.4 is 9.80 Å². The summed E-state index contributed by atoms with van der Waals surface area (Å²) in [5.41, 5.74) is 0.677. The number of hydrogen-bond donors (Lipinski definition) is 1. The molecule has 2 aromatic rings. The summed E-state index contributed by atoms with van der Waals surface area (Å²) in [6.07, 6.45) is 4.88. The van der Waals surface area contributed by atoms with Gasteiger partial charge in [0.05, 0.1) is 17.6 Å². The van der Waals surface area contributed by atoms with Crippen molar-refractivity contribution in [1.29, 1.82) is 5.26 Å². The lowest BCUT2D eigenvalue weighted by Gasteiger charge is -2.38. The van der Waals surface area contributed by atoms with Crippen LogP contribution in [0.15, 0.2) is 42.6 Å². The molecular formula is C21H25N5O. The normalized spacial score (nSPS) is 22.3. The Labute approximate surface area is 160 Å². The fraction of sp³-hybridized carbons (Fsp3) is 0.476. The van der Waals surface area contributed by atoms with Crippen molar-refractivity contribution in [3.63, 3.8) is 0 Å². The SMILES string of the molecule is N#CC1(c2ccccc2)CCN(c2nccc(N3CCC[C@@H](O)C3)n2)CC1. The minimum atomic E-state index is -0.424. The maximum atomic E-state index is 9.93. The highest BCUT2D eigenvalue weighted by Crippen LogP contribution is 2.35. The van der Waals surface area contributed by atoms with E-state index in [-0.39, 0.29) is 6.10 Å². The average Bonchev–Trinajstić information content (AvgIpc) is 2.74. The Morgan fingerprint density at radius 1 is 1.07 bits per heavy atom. The van der Waals surface area contributed by atoms with E-state index in [0.717, 1.165) is 56.7 Å². The molecule has 2 fully saturated rings. The largest absolute Gasteiger partial charge is 0.391 e. The molecule has 1 aromatic carbocycles. The van der Waals surface area contributed by atoms with E-state index < -0.39 is 5.41 Å². The van der Waals surface area contributed by atoms with Crippen molar-refractivity contribution >= 4 is 11.8 Å². The summed E-state index contributed by atoms with van der Waals surface area (Å²) in [5.74, 6) is 1.59. The summed E-state index contributed by atoms with van der Waals surface area (Å²) in [4.78, 5) is 13.5. The van der Waals surface area contributed by atoms with Crippen LogP contribution in [0.25, 0.3) is 0 Å². The number of aliphatic hydroxyl groups excluding tert-OH is 1. The fourth-order valence-electron chi connectivity index (χ4n) is 4.14. The predicted molar refractivity (Wildman–Crippen MR) is 105 cm³/mol. The molecule has 0 aliphatic carbocycles. The highest BCUT2D eigenvalue weighted by molar-refractivity contribution is 5.45. The van der Waals surface area contributed by atoms with Crippen LogP contribution in [-0.4, -0.2) is 47.4 Å². The summed E-state index contributed by atoms with van der Waals surface area (Å²) >= 11 is 0. The summed E-state index contributed by atoms with van der Waals surface area (Å²) < 4.78 is 0. The van der Waals surface area contributed by atoms with Gasteiger partial charge in [-0.15, -0.1) is 0 Å². The Balaban J connectivity index is 1.48. The highest BCUT2D eigenvalue weighted by atomic mass is 16.3. The molecule has 6 heteroatoms. The summed E-state index contributed by atoms with van der Waals surface area (Å²) in [5, 5.41) is 19.8. The zero-order chi connectivity index (χ0) is 18.7. The number of anilines is 2. The Hall–Kier alpha value is -2.65. The van der Waals surface area contributed by atoms with E-state index in [1.54, 1.807) is 6.20 Å². The molecular weight excluding hydrogens is 338 g/mol. The second-order valence-corrected chi connectivity index (χ2v) is 7.50. The number of piperidine rings is 2. The Morgan fingerprint density at radius 2 is 1.85 bits per heavy atom. The fourth-order valence-corrected chi connectivity index (χ4v) is 4.14. The van der Waals surface area contributed by atoms with E-state index in [2.05, 4.69) is 33.0 Å². The first-order chi connectivity index (χ1) is 13.2. The van der Waals surface area contributed by atoms with Crippen LogP contribution in [-0.2, 0) is 5.41 Å². The maximum absolute atomic E-state index is 9.93. The monoisotopic (exact) mass is 363 g/mol. The van der Waals surface area contributed by atoms with E-state index >= 15 is 0 Å². The Bertz CT molecular complexity index is 811. The molecule has 0 amide bonds. The molecule has 0 bridgehead atoms. The van der Waals surface area contributed by atoms with E-state index in [1.165, 1.54) is 0 Å². The average molecular weight is 363 g/mol. The molecule has 140 valence electrons. The molecule has 4 rings (SSSR count). The van der Waals surface area contributed by atoms with Crippen molar-refractivity contribution in [2.45, 2.75) is 37.2 Å². The summed E-state index contributed by atoms with van der Waals surface area (Å²) in [6, 6.07) is 14.6. The van der Waals surface area contributed by atoms with Gasteiger partial charge >= 0.3 is 0 Å². The molecule has 27 heavy (non-hydrogen) atoms. The number of benzene rings is 1. The molecule has 1 atom stereocenters. The van der Waals surface area contributed by atoms with Crippen molar-refractivity contribution in [3.8, 4) is 6.07 Å². The number of nitrogens with zero attached hydrogens (tertiary/aromatic N) is 5. The lowest BCUT2D eigenvalue weighted by atomic mass is 9.74. The standard InChI is InChI=1S/C21H25N5O/c22-16-21(17-5-2-1-3-6-17)9-13-25(14-10-21)20-23-11-8-19(24-20)26-12-4-7-18(27)15-26/h1-3,5-6,8,11,18,27H,4,7,9-10,12-15H2/t18-/m1/s1. The maximum Gasteiger partial charge on any atom is 0.227 e. The smallest absolute Gasteiger partial charge is 0.227 e. The predicted octanol–water partition coefficient (Wildman–Crippen LogP) is 2.50. The van der Waals surface area contributed by atoms with Crippen LogP contribution in [0.4, 0.5) is 11.8 Å². The number of aromatic nitrogens is 2. The number of rotatable bonds is 3. The van der Waals surface area contributed by atoms with Gasteiger partial charge in [-0.25, -0.2) is 4.98 Å². The molecule has 3 heterocycles. The quantitative estimate of drug-likeness (QED) is 0.903. The third kappa shape index (κ3) is 3.60. The van der Waals surface area contributed by atoms with Crippen molar-refractivity contribution in [2.75, 3.05) is 36.0 Å². The van der Waals surface area contributed by atoms with E-state index in [9.17, 15) is 10.4 Å². The molecule has 6 nitrogen and oxygen atoms in total. The lowest BCUT2D eigenvalue weighted by molar-refractivity contribution is 0.154. The van der Waals surface area contributed by atoms with Gasteiger partial charge in [-0.05, 0) is 37.3 Å². The van der Waals surface area contributed by atoms with Crippen LogP contribution in [0.5, 0.6) is 0 Å². The lowest BCUT2D eigenvalue weighted by Crippen LogP contribution is -2.43. The molecule has 2 aliphatic heterocycles. The van der Waals surface area contributed by atoms with Crippen LogP contribution >= 0.6 is 0 Å². The number of β-amino-alcohol motifs (C(OH)–C–C–N with tert-alkyl or cyclic N) is 1. The third-order valence-electron chi connectivity index (χ3n) is 5.79. The zero-order valence-corrected chi connectivity index (χ0v) is 15.5. The molecule has 0 radical (unpaired) electrons. The van der Waals surface area contributed by atoms with Gasteiger partial charge in [-0.2, -0.15) is 10.2 Å². The van der Waals surface area contributed by atoms with Crippen molar-refractivity contribution in [3.05, 3.63) is 48.2 Å². The van der Waals surface area contributed by atoms with Crippen LogP contribution in [0.3, 0.4) is 0 Å². The number of aliphatic hydroxyl groups is 1. The van der Waals surface area contributed by atoms with Gasteiger partial charge in [0.1, 0.15) is 5.82 Å². The minimum absolute atomic E-state index is 0.283. The van der Waals surface area contributed by atoms with Crippen LogP contribution in [0.1, 0.15) is 31.2 Å². The van der Waals surface area contributed by atoms with Crippen LogP contribution in [0, 0.1) is 11.3 Å². The van der Waals surface area contributed by atoms with E-state index in [1.807, 2.05) is 24.3 Å². The van der Waals surface area contributed by atoms with Gasteiger partial charge < -0.3 is 14.9 Å². The van der Waals surface area contributed by atoms with Gasteiger partial charge in [-0.1, -0.05) is 30.3 Å². The van der Waals surface area contributed by atoms with Crippen LogP contribution in [0.2, 0.25) is 0 Å². The first-order valence-corrected chi connectivity index (χ1v) is 9.68. The highest BCUT2D eigenvalue weighted by Gasteiger charge is 2.37. The molecule has 0 unspecified atom stereocenters. The van der Waals surface area contributed by atoms with E-state index in [4.69, 9.17) is 4.98 Å². The van der Waals surface area contributed by atoms with Crippen molar-refractivity contribution in [1.82, 2.24) is 9.97 Å². The first kappa shape index (κ1) is 17.7. The van der Waals surface area contributed by atoms with Gasteiger partial charge in [0.25, 0.3) is 0 Å². The zero-order valence-electron chi connectivity index (χ0n) is 15.5. The molecule has 2 saturated heterocycles. The summed E-state index contributed by atoms with van der Waals surface area (Å²) in [7, 11) is 0. The Morgan fingerprint density at radius 3 is 2.56 bits per heavy atom. The Kier molecular flexibility index (Phi) is 4.95. The number of nitriles is 1. The molecule has 0 spiro atoms. The second-order valence-electron chi connectivity index (χ2n) is 7.50. The number of hydrogen-bond acceptors (Lipinski definition) is 6.